The third-order valence-electron chi connectivity index (χ3n) is 3.67. The van der Waals surface area contributed by atoms with E-state index in [2.05, 4.69) is 0 Å². The molecule has 0 radical (unpaired) electrons. The summed E-state index contributed by atoms with van der Waals surface area (Å²) in [6, 6.07) is 5.51. The van der Waals surface area contributed by atoms with E-state index in [1.807, 2.05) is 19.1 Å². The summed E-state index contributed by atoms with van der Waals surface area (Å²) in [6.07, 6.45) is 1.38. The molecule has 1 saturated carbocycles. The lowest BCUT2D eigenvalue weighted by molar-refractivity contribution is -0.140. The number of hydrogen-bond acceptors (Lipinski definition) is 3. The number of aryl methyl sites for hydroxylation is 1. The highest BCUT2D eigenvalue weighted by molar-refractivity contribution is 5.95. The average Bonchev–Trinajstić information content (AvgIpc) is 3.04. The minimum atomic E-state index is -0.757. The molecule has 0 atom stereocenters. The third kappa shape index (κ3) is 1.35. The summed E-state index contributed by atoms with van der Waals surface area (Å²) in [5.41, 5.74) is 0.753. The molecule has 0 spiro atoms. The van der Waals surface area contributed by atoms with Crippen molar-refractivity contribution in [3.63, 3.8) is 0 Å². The van der Waals surface area contributed by atoms with Crippen molar-refractivity contribution in [2.75, 3.05) is 7.11 Å². The molecule has 3 rings (SSSR count). The molecule has 1 heterocycles. The van der Waals surface area contributed by atoms with Crippen molar-refractivity contribution in [2.45, 2.75) is 25.2 Å². The van der Waals surface area contributed by atoms with E-state index in [1.165, 1.54) is 0 Å². The number of ether oxygens (including phenoxy) is 1. The number of methoxy groups -OCH3 is 1. The highest BCUT2D eigenvalue weighted by atomic mass is 16.5. The first kappa shape index (κ1) is 11.1. The third-order valence-corrected chi connectivity index (χ3v) is 3.67. The standard InChI is InChI=1S/C14H14O4/c1-8-7-9-10(14(5-6-14)13(15)16)3-4-11(17-2)12(9)18-8/h3-4,7H,5-6H2,1-2H3,(H,15,16). The van der Waals surface area contributed by atoms with Crippen molar-refractivity contribution in [3.05, 3.63) is 29.5 Å². The Morgan fingerprint density at radius 2 is 2.17 bits per heavy atom. The Labute approximate surface area is 104 Å². The van der Waals surface area contributed by atoms with E-state index in [4.69, 9.17) is 9.15 Å². The Morgan fingerprint density at radius 3 is 2.72 bits per heavy atom. The lowest BCUT2D eigenvalue weighted by Gasteiger charge is -2.12. The fraction of sp³-hybridized carbons (Fsp3) is 0.357. The normalized spacial score (nSPS) is 16.8. The van der Waals surface area contributed by atoms with Crippen LogP contribution >= 0.6 is 0 Å². The molecule has 18 heavy (non-hydrogen) atoms. The summed E-state index contributed by atoms with van der Waals surface area (Å²) in [5, 5.41) is 10.2. The zero-order chi connectivity index (χ0) is 12.9. The second-order valence-corrected chi connectivity index (χ2v) is 4.80. The highest BCUT2D eigenvalue weighted by Crippen LogP contribution is 2.51. The number of carboxylic acid groups (broad SMARTS) is 1. The first-order valence-corrected chi connectivity index (χ1v) is 5.89. The Morgan fingerprint density at radius 1 is 1.44 bits per heavy atom. The number of aliphatic carboxylic acids is 1. The molecule has 1 aromatic heterocycles. The maximum Gasteiger partial charge on any atom is 0.314 e. The molecule has 0 aliphatic heterocycles. The fourth-order valence-corrected chi connectivity index (χ4v) is 2.52. The maximum atomic E-state index is 11.4. The molecular formula is C14H14O4. The van der Waals surface area contributed by atoms with Crippen LogP contribution in [0.4, 0.5) is 0 Å². The Kier molecular flexibility index (Phi) is 2.17. The van der Waals surface area contributed by atoms with Crippen molar-refractivity contribution in [1.82, 2.24) is 0 Å². The van der Waals surface area contributed by atoms with Gasteiger partial charge < -0.3 is 14.3 Å². The molecule has 1 aliphatic carbocycles. The van der Waals surface area contributed by atoms with Gasteiger partial charge in [0.2, 0.25) is 0 Å². The molecule has 1 N–H and O–H groups in total. The van der Waals surface area contributed by atoms with Gasteiger partial charge in [-0.15, -0.1) is 0 Å². The molecule has 0 unspecified atom stereocenters. The van der Waals surface area contributed by atoms with E-state index in [0.29, 0.717) is 24.2 Å². The van der Waals surface area contributed by atoms with Crippen molar-refractivity contribution in [3.8, 4) is 5.75 Å². The van der Waals surface area contributed by atoms with Gasteiger partial charge in [0.1, 0.15) is 5.76 Å². The van der Waals surface area contributed by atoms with Gasteiger partial charge in [-0.2, -0.15) is 0 Å². The topological polar surface area (TPSA) is 59.7 Å². The second kappa shape index (κ2) is 3.51. The molecule has 1 aliphatic rings. The van der Waals surface area contributed by atoms with Gasteiger partial charge in [-0.25, -0.2) is 0 Å². The lowest BCUT2D eigenvalue weighted by Crippen LogP contribution is -2.19. The molecule has 0 saturated heterocycles. The number of benzene rings is 1. The van der Waals surface area contributed by atoms with Gasteiger partial charge in [0, 0.05) is 5.39 Å². The molecule has 1 aromatic carbocycles. The predicted octanol–water partition coefficient (Wildman–Crippen LogP) is 2.87. The number of carbonyl (C=O) groups is 1. The van der Waals surface area contributed by atoms with E-state index in [0.717, 1.165) is 16.7 Å². The van der Waals surface area contributed by atoms with Crippen LogP contribution < -0.4 is 4.74 Å². The first-order chi connectivity index (χ1) is 8.58. The largest absolute Gasteiger partial charge is 0.493 e. The molecule has 2 aromatic rings. The summed E-state index contributed by atoms with van der Waals surface area (Å²) in [7, 11) is 1.58. The number of furan rings is 1. The molecule has 94 valence electrons. The van der Waals surface area contributed by atoms with Gasteiger partial charge in [-0.1, -0.05) is 6.07 Å². The van der Waals surface area contributed by atoms with Crippen LogP contribution in [0.15, 0.2) is 22.6 Å². The van der Waals surface area contributed by atoms with Gasteiger partial charge in [0.25, 0.3) is 0 Å². The zero-order valence-electron chi connectivity index (χ0n) is 10.3. The van der Waals surface area contributed by atoms with Crippen LogP contribution in [0.3, 0.4) is 0 Å². The van der Waals surface area contributed by atoms with Crippen LogP contribution in [0, 0.1) is 6.92 Å². The van der Waals surface area contributed by atoms with Gasteiger partial charge in [-0.05, 0) is 37.5 Å². The van der Waals surface area contributed by atoms with E-state index in [9.17, 15) is 9.90 Å². The van der Waals surface area contributed by atoms with E-state index >= 15 is 0 Å². The minimum Gasteiger partial charge on any atom is -0.493 e. The monoisotopic (exact) mass is 246 g/mol. The molecule has 0 amide bonds. The summed E-state index contributed by atoms with van der Waals surface area (Å²) >= 11 is 0. The van der Waals surface area contributed by atoms with Crippen LogP contribution in [-0.2, 0) is 10.2 Å². The number of hydrogen-bond donors (Lipinski definition) is 1. The van der Waals surface area contributed by atoms with Gasteiger partial charge in [-0.3, -0.25) is 4.79 Å². The second-order valence-electron chi connectivity index (χ2n) is 4.80. The van der Waals surface area contributed by atoms with E-state index < -0.39 is 11.4 Å². The Bertz CT molecular complexity index is 635. The van der Waals surface area contributed by atoms with Crippen LogP contribution in [-0.4, -0.2) is 18.2 Å². The Hall–Kier alpha value is -1.97. The number of fused-ring (bicyclic) bond motifs is 1. The van der Waals surface area contributed by atoms with Crippen molar-refractivity contribution in [2.24, 2.45) is 0 Å². The van der Waals surface area contributed by atoms with Crippen molar-refractivity contribution < 1.29 is 19.1 Å². The van der Waals surface area contributed by atoms with Crippen molar-refractivity contribution >= 4 is 16.9 Å². The predicted molar refractivity (Wildman–Crippen MR) is 66.1 cm³/mol. The van der Waals surface area contributed by atoms with Crippen LogP contribution in [0.5, 0.6) is 5.75 Å². The number of carboxylic acids is 1. The van der Waals surface area contributed by atoms with Crippen molar-refractivity contribution in [1.29, 1.82) is 0 Å². The summed E-state index contributed by atoms with van der Waals surface area (Å²) in [4.78, 5) is 11.4. The van der Waals surface area contributed by atoms with Gasteiger partial charge >= 0.3 is 5.97 Å². The molecule has 1 fully saturated rings. The minimum absolute atomic E-state index is 0.639. The SMILES string of the molecule is COc1ccc(C2(C(=O)O)CC2)c2cc(C)oc12. The smallest absolute Gasteiger partial charge is 0.314 e. The van der Waals surface area contributed by atoms with Crippen LogP contribution in [0.2, 0.25) is 0 Å². The summed E-state index contributed by atoms with van der Waals surface area (Å²) in [5.74, 6) is 0.646. The van der Waals surface area contributed by atoms with Gasteiger partial charge in [0.15, 0.2) is 11.3 Å². The summed E-state index contributed by atoms with van der Waals surface area (Å²) < 4.78 is 10.9. The van der Waals surface area contributed by atoms with Gasteiger partial charge in [0.05, 0.1) is 12.5 Å². The highest BCUT2D eigenvalue weighted by Gasteiger charge is 2.52. The average molecular weight is 246 g/mol. The van der Waals surface area contributed by atoms with E-state index in [-0.39, 0.29) is 0 Å². The number of rotatable bonds is 3. The quantitative estimate of drug-likeness (QED) is 0.904. The lowest BCUT2D eigenvalue weighted by atomic mass is 9.93. The maximum absolute atomic E-state index is 11.4. The molecular weight excluding hydrogens is 232 g/mol. The van der Waals surface area contributed by atoms with E-state index in [1.54, 1.807) is 13.2 Å². The molecule has 0 bridgehead atoms. The molecule has 4 nitrogen and oxygen atoms in total. The van der Waals surface area contributed by atoms with Crippen LogP contribution in [0.1, 0.15) is 24.2 Å². The Balaban J connectivity index is 2.29. The summed E-state index contributed by atoms with van der Waals surface area (Å²) in [6.45, 7) is 1.85. The first-order valence-electron chi connectivity index (χ1n) is 5.89. The zero-order valence-corrected chi connectivity index (χ0v) is 10.3. The molecule has 4 heteroatoms. The van der Waals surface area contributed by atoms with Crippen LogP contribution in [0.25, 0.3) is 11.0 Å². The fourth-order valence-electron chi connectivity index (χ4n) is 2.52.